The minimum absolute atomic E-state index is 0.0374. The molecule has 1 unspecified atom stereocenters. The SMILES string of the molecule is Cc1ccc(N(C)S(=O)(=O)c2cccc(C(=O)OC(C)C(=O)N(C)c3ccccc3)c2)cc1. The average Bonchev–Trinajstić information content (AvgIpc) is 2.83. The third-order valence-electron chi connectivity index (χ3n) is 5.23. The molecule has 0 spiro atoms. The maximum atomic E-state index is 13.1. The molecule has 172 valence electrons. The van der Waals surface area contributed by atoms with E-state index in [0.717, 1.165) is 9.87 Å². The Balaban J connectivity index is 1.76. The highest BCUT2D eigenvalue weighted by atomic mass is 32.2. The highest BCUT2D eigenvalue weighted by Gasteiger charge is 2.25. The first-order chi connectivity index (χ1) is 15.6. The van der Waals surface area contributed by atoms with Gasteiger partial charge in [0.05, 0.1) is 16.1 Å². The summed E-state index contributed by atoms with van der Waals surface area (Å²) in [6.45, 7) is 3.39. The van der Waals surface area contributed by atoms with Crippen LogP contribution in [-0.2, 0) is 19.6 Å². The summed E-state index contributed by atoms with van der Waals surface area (Å²) in [7, 11) is -0.862. The van der Waals surface area contributed by atoms with Gasteiger partial charge in [-0.2, -0.15) is 0 Å². The fraction of sp³-hybridized carbons (Fsp3) is 0.200. The number of nitrogens with zero attached hydrogens (tertiary/aromatic N) is 2. The van der Waals surface area contributed by atoms with Crippen molar-refractivity contribution in [2.24, 2.45) is 0 Å². The number of rotatable bonds is 7. The number of hydrogen-bond donors (Lipinski definition) is 0. The van der Waals surface area contributed by atoms with E-state index in [4.69, 9.17) is 4.74 Å². The Labute approximate surface area is 194 Å². The van der Waals surface area contributed by atoms with Crippen LogP contribution in [0.3, 0.4) is 0 Å². The van der Waals surface area contributed by atoms with E-state index in [0.29, 0.717) is 11.4 Å². The number of carbonyl (C=O) groups is 2. The fourth-order valence-electron chi connectivity index (χ4n) is 3.17. The maximum Gasteiger partial charge on any atom is 0.338 e. The average molecular weight is 467 g/mol. The molecule has 0 fully saturated rings. The Morgan fingerprint density at radius 1 is 0.848 bits per heavy atom. The van der Waals surface area contributed by atoms with E-state index in [-0.39, 0.29) is 10.5 Å². The van der Waals surface area contributed by atoms with E-state index in [1.165, 1.54) is 43.1 Å². The molecule has 3 rings (SSSR count). The Hall–Kier alpha value is -3.65. The number of likely N-dealkylation sites (N-methyl/N-ethyl adjacent to an activating group) is 1. The summed E-state index contributed by atoms with van der Waals surface area (Å²) in [5.41, 5.74) is 2.21. The number of hydrogen-bond acceptors (Lipinski definition) is 5. The maximum absolute atomic E-state index is 13.1. The zero-order valence-electron chi connectivity index (χ0n) is 18.9. The van der Waals surface area contributed by atoms with Gasteiger partial charge in [0.25, 0.3) is 15.9 Å². The largest absolute Gasteiger partial charge is 0.449 e. The molecule has 0 saturated heterocycles. The van der Waals surface area contributed by atoms with E-state index < -0.39 is 28.0 Å². The minimum Gasteiger partial charge on any atom is -0.449 e. The van der Waals surface area contributed by atoms with Gasteiger partial charge in [-0.1, -0.05) is 42.0 Å². The smallest absolute Gasteiger partial charge is 0.338 e. The van der Waals surface area contributed by atoms with Crippen molar-refractivity contribution in [1.82, 2.24) is 0 Å². The number of amides is 1. The van der Waals surface area contributed by atoms with Gasteiger partial charge in [0.1, 0.15) is 0 Å². The van der Waals surface area contributed by atoms with Crippen LogP contribution >= 0.6 is 0 Å². The molecular weight excluding hydrogens is 440 g/mol. The molecule has 3 aromatic carbocycles. The van der Waals surface area contributed by atoms with Gasteiger partial charge in [-0.15, -0.1) is 0 Å². The monoisotopic (exact) mass is 466 g/mol. The first-order valence-electron chi connectivity index (χ1n) is 10.3. The van der Waals surface area contributed by atoms with Crippen molar-refractivity contribution in [1.29, 1.82) is 0 Å². The number of aryl methyl sites for hydroxylation is 1. The van der Waals surface area contributed by atoms with Crippen molar-refractivity contribution >= 4 is 33.3 Å². The lowest BCUT2D eigenvalue weighted by Gasteiger charge is -2.22. The molecule has 1 atom stereocenters. The van der Waals surface area contributed by atoms with Crippen LogP contribution in [0.4, 0.5) is 11.4 Å². The summed E-state index contributed by atoms with van der Waals surface area (Å²) in [6, 6.07) is 21.6. The lowest BCUT2D eigenvalue weighted by atomic mass is 10.2. The molecule has 0 aliphatic heterocycles. The minimum atomic E-state index is -3.90. The van der Waals surface area contributed by atoms with Crippen molar-refractivity contribution < 1.29 is 22.7 Å². The summed E-state index contributed by atoms with van der Waals surface area (Å²) < 4.78 is 32.6. The normalized spacial score (nSPS) is 12.0. The second-order valence-electron chi connectivity index (χ2n) is 7.62. The predicted molar refractivity (Wildman–Crippen MR) is 128 cm³/mol. The second-order valence-corrected chi connectivity index (χ2v) is 9.59. The number of ether oxygens (including phenoxy) is 1. The number of para-hydroxylation sites is 1. The summed E-state index contributed by atoms with van der Waals surface area (Å²) in [6.07, 6.45) is -1.06. The molecule has 3 aromatic rings. The number of sulfonamides is 1. The highest BCUT2D eigenvalue weighted by molar-refractivity contribution is 7.92. The molecular formula is C25H26N2O5S. The van der Waals surface area contributed by atoms with E-state index in [1.54, 1.807) is 43.4 Å². The van der Waals surface area contributed by atoms with Crippen LogP contribution in [0.5, 0.6) is 0 Å². The van der Waals surface area contributed by atoms with Gasteiger partial charge in [-0.05, 0) is 56.3 Å². The molecule has 7 nitrogen and oxygen atoms in total. The van der Waals surface area contributed by atoms with Gasteiger partial charge in [0.2, 0.25) is 0 Å². The zero-order chi connectivity index (χ0) is 24.2. The quantitative estimate of drug-likeness (QED) is 0.491. The van der Waals surface area contributed by atoms with Gasteiger partial charge in [-0.3, -0.25) is 9.10 Å². The van der Waals surface area contributed by atoms with Gasteiger partial charge in [-0.25, -0.2) is 13.2 Å². The van der Waals surface area contributed by atoms with Crippen LogP contribution in [0.1, 0.15) is 22.8 Å². The van der Waals surface area contributed by atoms with Crippen LogP contribution in [0, 0.1) is 6.92 Å². The molecule has 33 heavy (non-hydrogen) atoms. The van der Waals surface area contributed by atoms with Gasteiger partial charge in [0.15, 0.2) is 6.10 Å². The first-order valence-corrected chi connectivity index (χ1v) is 11.7. The van der Waals surface area contributed by atoms with E-state index in [1.807, 2.05) is 25.1 Å². The van der Waals surface area contributed by atoms with Gasteiger partial charge < -0.3 is 9.64 Å². The van der Waals surface area contributed by atoms with Crippen LogP contribution in [0.2, 0.25) is 0 Å². The summed E-state index contributed by atoms with van der Waals surface area (Å²) in [5, 5.41) is 0. The van der Waals surface area contributed by atoms with Crippen molar-refractivity contribution in [3.8, 4) is 0 Å². The lowest BCUT2D eigenvalue weighted by molar-refractivity contribution is -0.126. The third-order valence-corrected chi connectivity index (χ3v) is 7.01. The molecule has 0 aromatic heterocycles. The first kappa shape index (κ1) is 24.0. The molecule has 0 bridgehead atoms. The third kappa shape index (κ3) is 5.40. The highest BCUT2D eigenvalue weighted by Crippen LogP contribution is 2.23. The van der Waals surface area contributed by atoms with E-state index in [9.17, 15) is 18.0 Å². The van der Waals surface area contributed by atoms with Crippen LogP contribution in [0.15, 0.2) is 83.8 Å². The molecule has 8 heteroatoms. The van der Waals surface area contributed by atoms with Crippen LogP contribution in [0.25, 0.3) is 0 Å². The molecule has 0 saturated carbocycles. The van der Waals surface area contributed by atoms with Crippen molar-refractivity contribution in [2.75, 3.05) is 23.3 Å². The van der Waals surface area contributed by atoms with E-state index in [2.05, 4.69) is 0 Å². The van der Waals surface area contributed by atoms with Crippen LogP contribution in [-0.4, -0.2) is 40.5 Å². The van der Waals surface area contributed by atoms with Gasteiger partial charge in [0, 0.05) is 19.8 Å². The lowest BCUT2D eigenvalue weighted by Crippen LogP contribution is -2.37. The summed E-state index contributed by atoms with van der Waals surface area (Å²) >= 11 is 0. The number of esters is 1. The van der Waals surface area contributed by atoms with Crippen molar-refractivity contribution in [2.45, 2.75) is 24.8 Å². The predicted octanol–water partition coefficient (Wildman–Crippen LogP) is 4.03. The molecule has 1 amide bonds. The number of carbonyl (C=O) groups excluding carboxylic acids is 2. The molecule has 0 aliphatic rings. The van der Waals surface area contributed by atoms with E-state index >= 15 is 0 Å². The Morgan fingerprint density at radius 3 is 2.12 bits per heavy atom. The molecule has 0 N–H and O–H groups in total. The van der Waals surface area contributed by atoms with Gasteiger partial charge >= 0.3 is 5.97 Å². The number of benzene rings is 3. The second kappa shape index (κ2) is 9.87. The topological polar surface area (TPSA) is 84.0 Å². The molecule has 0 aliphatic carbocycles. The Bertz CT molecular complexity index is 1240. The molecule has 0 radical (unpaired) electrons. The summed E-state index contributed by atoms with van der Waals surface area (Å²) in [5.74, 6) is -1.19. The summed E-state index contributed by atoms with van der Waals surface area (Å²) in [4.78, 5) is 26.7. The van der Waals surface area contributed by atoms with Crippen molar-refractivity contribution in [3.63, 3.8) is 0 Å². The Kier molecular flexibility index (Phi) is 7.18. The molecule has 0 heterocycles. The zero-order valence-corrected chi connectivity index (χ0v) is 19.7. The Morgan fingerprint density at radius 2 is 1.48 bits per heavy atom. The van der Waals surface area contributed by atoms with Crippen molar-refractivity contribution in [3.05, 3.63) is 90.0 Å². The van der Waals surface area contributed by atoms with Crippen LogP contribution < -0.4 is 9.21 Å². The number of anilines is 2. The fourth-order valence-corrected chi connectivity index (χ4v) is 4.41. The standard InChI is InChI=1S/C25H26N2O5S/c1-18-13-15-22(16-14-18)27(4)33(30,31)23-12-8-9-20(17-23)25(29)32-19(2)24(28)26(3)21-10-6-5-7-11-21/h5-17,19H,1-4H3.